The lowest BCUT2D eigenvalue weighted by Crippen LogP contribution is -2.46. The molecule has 0 amide bonds. The lowest BCUT2D eigenvalue weighted by atomic mass is 9.91. The summed E-state index contributed by atoms with van der Waals surface area (Å²) in [5, 5.41) is 19.3. The van der Waals surface area contributed by atoms with Crippen LogP contribution in [0.15, 0.2) is 30.3 Å². The zero-order valence-electron chi connectivity index (χ0n) is 10.8. The molecule has 18 heavy (non-hydrogen) atoms. The average Bonchev–Trinajstić information content (AvgIpc) is 2.40. The van der Waals surface area contributed by atoms with Crippen molar-refractivity contribution in [3.05, 3.63) is 35.9 Å². The quantitative estimate of drug-likeness (QED) is 0.836. The topological polar surface area (TPSA) is 43.7 Å². The molecule has 1 aliphatic carbocycles. The monoisotopic (exact) mass is 249 g/mol. The molecule has 0 spiro atoms. The third-order valence-corrected chi connectivity index (χ3v) is 3.78. The molecule has 0 saturated heterocycles. The van der Waals surface area contributed by atoms with E-state index in [0.29, 0.717) is 6.54 Å². The number of hydrogen-bond donors (Lipinski definition) is 2. The fourth-order valence-corrected chi connectivity index (χ4v) is 2.83. The van der Waals surface area contributed by atoms with Gasteiger partial charge < -0.3 is 10.2 Å². The van der Waals surface area contributed by atoms with E-state index in [4.69, 9.17) is 0 Å². The Kier molecular flexibility index (Phi) is 5.17. The van der Waals surface area contributed by atoms with Gasteiger partial charge in [0.05, 0.1) is 12.7 Å². The minimum atomic E-state index is -0.242. The molecule has 1 fully saturated rings. The summed E-state index contributed by atoms with van der Waals surface area (Å²) in [4.78, 5) is 2.22. The van der Waals surface area contributed by atoms with Gasteiger partial charge in [0, 0.05) is 19.1 Å². The van der Waals surface area contributed by atoms with Crippen LogP contribution in [0, 0.1) is 0 Å². The number of hydrogen-bond acceptors (Lipinski definition) is 3. The van der Waals surface area contributed by atoms with Crippen LogP contribution in [-0.4, -0.2) is 40.4 Å². The van der Waals surface area contributed by atoms with Gasteiger partial charge in [0.25, 0.3) is 0 Å². The molecule has 0 unspecified atom stereocenters. The first kappa shape index (κ1) is 13.5. The zero-order chi connectivity index (χ0) is 12.8. The van der Waals surface area contributed by atoms with Crippen molar-refractivity contribution in [2.24, 2.45) is 0 Å². The van der Waals surface area contributed by atoms with E-state index in [1.807, 2.05) is 18.2 Å². The van der Waals surface area contributed by atoms with Gasteiger partial charge in [-0.15, -0.1) is 0 Å². The molecule has 1 aliphatic rings. The summed E-state index contributed by atoms with van der Waals surface area (Å²) in [6.07, 6.45) is 3.98. The van der Waals surface area contributed by atoms with Crippen molar-refractivity contribution < 1.29 is 10.2 Å². The Morgan fingerprint density at radius 3 is 2.50 bits per heavy atom. The molecule has 2 rings (SSSR count). The van der Waals surface area contributed by atoms with E-state index in [2.05, 4.69) is 17.0 Å². The molecule has 3 heteroatoms. The summed E-state index contributed by atoms with van der Waals surface area (Å²) in [6, 6.07) is 10.5. The molecule has 0 heterocycles. The SMILES string of the molecule is OCCN(Cc1ccccc1)[C@H]1CCCC[C@@H]1O. The Bertz CT molecular complexity index is 342. The largest absolute Gasteiger partial charge is 0.395 e. The summed E-state index contributed by atoms with van der Waals surface area (Å²) in [5.41, 5.74) is 1.24. The Hall–Kier alpha value is -0.900. The second-order valence-corrected chi connectivity index (χ2v) is 5.10. The van der Waals surface area contributed by atoms with Gasteiger partial charge in [-0.2, -0.15) is 0 Å². The van der Waals surface area contributed by atoms with Gasteiger partial charge in [0.1, 0.15) is 0 Å². The Morgan fingerprint density at radius 1 is 1.11 bits per heavy atom. The molecule has 0 bridgehead atoms. The minimum absolute atomic E-state index is 0.149. The van der Waals surface area contributed by atoms with E-state index >= 15 is 0 Å². The Labute approximate surface area is 109 Å². The molecule has 100 valence electrons. The number of rotatable bonds is 5. The summed E-state index contributed by atoms with van der Waals surface area (Å²) >= 11 is 0. The lowest BCUT2D eigenvalue weighted by Gasteiger charge is -2.37. The molecular formula is C15H23NO2. The van der Waals surface area contributed by atoms with Crippen molar-refractivity contribution in [2.75, 3.05) is 13.2 Å². The molecule has 0 aliphatic heterocycles. The Morgan fingerprint density at radius 2 is 1.83 bits per heavy atom. The van der Waals surface area contributed by atoms with Crippen molar-refractivity contribution in [2.45, 2.75) is 44.4 Å². The van der Waals surface area contributed by atoms with Gasteiger partial charge in [-0.1, -0.05) is 43.2 Å². The number of benzene rings is 1. The first-order valence-electron chi connectivity index (χ1n) is 6.88. The molecule has 2 atom stereocenters. The fraction of sp³-hybridized carbons (Fsp3) is 0.600. The highest BCUT2D eigenvalue weighted by atomic mass is 16.3. The van der Waals surface area contributed by atoms with Crippen LogP contribution in [-0.2, 0) is 6.54 Å². The standard InChI is InChI=1S/C15H23NO2/c17-11-10-16(12-13-6-2-1-3-7-13)14-8-4-5-9-15(14)18/h1-3,6-7,14-15,17-18H,4-5,8-12H2/t14-,15-/m0/s1. The van der Waals surface area contributed by atoms with Crippen molar-refractivity contribution in [3.8, 4) is 0 Å². The van der Waals surface area contributed by atoms with Gasteiger partial charge in [-0.05, 0) is 18.4 Å². The summed E-state index contributed by atoms with van der Waals surface area (Å²) in [6.45, 7) is 1.59. The number of aliphatic hydroxyl groups excluding tert-OH is 2. The maximum absolute atomic E-state index is 10.1. The molecule has 0 radical (unpaired) electrons. The molecule has 3 nitrogen and oxygen atoms in total. The smallest absolute Gasteiger partial charge is 0.0695 e. The first-order chi connectivity index (χ1) is 8.81. The summed E-state index contributed by atoms with van der Waals surface area (Å²) in [7, 11) is 0. The first-order valence-corrected chi connectivity index (χ1v) is 6.88. The van der Waals surface area contributed by atoms with E-state index in [0.717, 1.165) is 25.8 Å². The second-order valence-electron chi connectivity index (χ2n) is 5.10. The molecule has 0 aromatic heterocycles. The fourth-order valence-electron chi connectivity index (χ4n) is 2.83. The minimum Gasteiger partial charge on any atom is -0.395 e. The van der Waals surface area contributed by atoms with Crippen molar-refractivity contribution >= 4 is 0 Å². The van der Waals surface area contributed by atoms with E-state index in [-0.39, 0.29) is 18.8 Å². The van der Waals surface area contributed by atoms with Crippen LogP contribution in [0.25, 0.3) is 0 Å². The van der Waals surface area contributed by atoms with Crippen molar-refractivity contribution in [1.29, 1.82) is 0 Å². The van der Waals surface area contributed by atoms with Crippen LogP contribution in [0.1, 0.15) is 31.2 Å². The highest BCUT2D eigenvalue weighted by Crippen LogP contribution is 2.24. The van der Waals surface area contributed by atoms with Gasteiger partial charge in [0.15, 0.2) is 0 Å². The van der Waals surface area contributed by atoms with Crippen LogP contribution < -0.4 is 0 Å². The van der Waals surface area contributed by atoms with Crippen LogP contribution in [0.3, 0.4) is 0 Å². The highest BCUT2D eigenvalue weighted by molar-refractivity contribution is 5.14. The third-order valence-electron chi connectivity index (χ3n) is 3.78. The predicted octanol–water partition coefficient (Wildman–Crippen LogP) is 1.78. The van der Waals surface area contributed by atoms with E-state index < -0.39 is 0 Å². The van der Waals surface area contributed by atoms with Gasteiger partial charge in [-0.3, -0.25) is 4.90 Å². The molecule has 1 aromatic carbocycles. The number of nitrogens with zero attached hydrogens (tertiary/aromatic N) is 1. The third kappa shape index (κ3) is 3.55. The number of aliphatic hydroxyl groups is 2. The maximum Gasteiger partial charge on any atom is 0.0695 e. The van der Waals surface area contributed by atoms with Crippen molar-refractivity contribution in [1.82, 2.24) is 4.90 Å². The predicted molar refractivity (Wildman–Crippen MR) is 72.2 cm³/mol. The van der Waals surface area contributed by atoms with Crippen LogP contribution >= 0.6 is 0 Å². The molecule has 2 N–H and O–H groups in total. The lowest BCUT2D eigenvalue weighted by molar-refractivity contribution is 0.00861. The normalized spacial score (nSPS) is 24.4. The van der Waals surface area contributed by atoms with Crippen LogP contribution in [0.4, 0.5) is 0 Å². The van der Waals surface area contributed by atoms with Crippen LogP contribution in [0.5, 0.6) is 0 Å². The Balaban J connectivity index is 2.02. The van der Waals surface area contributed by atoms with E-state index in [1.165, 1.54) is 12.0 Å². The zero-order valence-corrected chi connectivity index (χ0v) is 10.8. The van der Waals surface area contributed by atoms with Crippen LogP contribution in [0.2, 0.25) is 0 Å². The van der Waals surface area contributed by atoms with E-state index in [9.17, 15) is 10.2 Å². The van der Waals surface area contributed by atoms with E-state index in [1.54, 1.807) is 0 Å². The second kappa shape index (κ2) is 6.88. The van der Waals surface area contributed by atoms with Gasteiger partial charge >= 0.3 is 0 Å². The van der Waals surface area contributed by atoms with Gasteiger partial charge in [0.2, 0.25) is 0 Å². The summed E-state index contributed by atoms with van der Waals surface area (Å²) in [5.74, 6) is 0. The highest BCUT2D eigenvalue weighted by Gasteiger charge is 2.28. The molecular weight excluding hydrogens is 226 g/mol. The summed E-state index contributed by atoms with van der Waals surface area (Å²) < 4.78 is 0. The molecule has 1 saturated carbocycles. The average molecular weight is 249 g/mol. The maximum atomic E-state index is 10.1. The van der Waals surface area contributed by atoms with Crippen molar-refractivity contribution in [3.63, 3.8) is 0 Å². The molecule has 1 aromatic rings. The van der Waals surface area contributed by atoms with Gasteiger partial charge in [-0.25, -0.2) is 0 Å².